The van der Waals surface area contributed by atoms with Crippen LogP contribution >= 0.6 is 0 Å². The normalized spacial score (nSPS) is 13.9. The van der Waals surface area contributed by atoms with E-state index in [0.717, 1.165) is 6.42 Å². The third-order valence-electron chi connectivity index (χ3n) is 2.62. The molecule has 100 valence electrons. The Morgan fingerprint density at radius 3 is 2.50 bits per heavy atom. The summed E-state index contributed by atoms with van der Waals surface area (Å²) in [5.41, 5.74) is 0.556. The molecule has 0 aliphatic heterocycles. The van der Waals surface area contributed by atoms with E-state index in [9.17, 15) is 9.00 Å². The Kier molecular flexibility index (Phi) is 6.01. The van der Waals surface area contributed by atoms with Gasteiger partial charge in [0.1, 0.15) is 0 Å². The average Bonchev–Trinajstić information content (AvgIpc) is 2.36. The molecule has 1 amide bonds. The molecule has 0 bridgehead atoms. The minimum atomic E-state index is -1.02. The van der Waals surface area contributed by atoms with Crippen molar-refractivity contribution >= 4 is 16.7 Å². The van der Waals surface area contributed by atoms with Gasteiger partial charge in [0.2, 0.25) is 0 Å². The Morgan fingerprint density at radius 1 is 1.39 bits per heavy atom. The summed E-state index contributed by atoms with van der Waals surface area (Å²) in [4.78, 5) is 12.6. The summed E-state index contributed by atoms with van der Waals surface area (Å²) < 4.78 is 11.2. The van der Waals surface area contributed by atoms with E-state index in [-0.39, 0.29) is 18.6 Å². The SMILES string of the molecule is CC(CCCO)NC(=O)c1ccc(S(C)=O)cc1. The van der Waals surface area contributed by atoms with Crippen molar-refractivity contribution in [3.63, 3.8) is 0 Å². The van der Waals surface area contributed by atoms with Crippen molar-refractivity contribution in [3.8, 4) is 0 Å². The second-order valence-electron chi connectivity index (χ2n) is 4.22. The lowest BCUT2D eigenvalue weighted by atomic mass is 10.1. The monoisotopic (exact) mass is 269 g/mol. The van der Waals surface area contributed by atoms with Crippen LogP contribution in [0.2, 0.25) is 0 Å². The Morgan fingerprint density at radius 2 is 2.00 bits per heavy atom. The van der Waals surface area contributed by atoms with Gasteiger partial charge in [-0.2, -0.15) is 0 Å². The van der Waals surface area contributed by atoms with Gasteiger partial charge in [-0.1, -0.05) is 0 Å². The Labute approximate surface area is 110 Å². The van der Waals surface area contributed by atoms with E-state index in [1.165, 1.54) is 0 Å². The number of hydrogen-bond donors (Lipinski definition) is 2. The summed E-state index contributed by atoms with van der Waals surface area (Å²) in [5, 5.41) is 11.6. The minimum Gasteiger partial charge on any atom is -0.396 e. The van der Waals surface area contributed by atoms with Gasteiger partial charge in [-0.25, -0.2) is 0 Å². The molecule has 0 aromatic heterocycles. The fraction of sp³-hybridized carbons (Fsp3) is 0.462. The van der Waals surface area contributed by atoms with Crippen LogP contribution in [0.15, 0.2) is 29.2 Å². The highest BCUT2D eigenvalue weighted by atomic mass is 32.2. The number of hydrogen-bond acceptors (Lipinski definition) is 3. The smallest absolute Gasteiger partial charge is 0.251 e. The van der Waals surface area contributed by atoms with Gasteiger partial charge in [0.25, 0.3) is 5.91 Å². The van der Waals surface area contributed by atoms with Crippen LogP contribution in [0, 0.1) is 0 Å². The van der Waals surface area contributed by atoms with Crippen LogP contribution in [0.3, 0.4) is 0 Å². The van der Waals surface area contributed by atoms with Gasteiger partial charge in [-0.3, -0.25) is 9.00 Å². The first kappa shape index (κ1) is 14.9. The van der Waals surface area contributed by atoms with Crippen molar-refractivity contribution in [3.05, 3.63) is 29.8 Å². The van der Waals surface area contributed by atoms with Crippen molar-refractivity contribution in [1.82, 2.24) is 5.32 Å². The predicted octanol–water partition coefficient (Wildman–Crippen LogP) is 1.31. The first-order valence-corrected chi connectivity index (χ1v) is 7.45. The number of aliphatic hydroxyl groups excluding tert-OH is 1. The van der Waals surface area contributed by atoms with Crippen molar-refractivity contribution in [2.24, 2.45) is 0 Å². The van der Waals surface area contributed by atoms with Gasteiger partial charge in [0.05, 0.1) is 0 Å². The molecular weight excluding hydrogens is 250 g/mol. The molecule has 1 rings (SSSR count). The lowest BCUT2D eigenvalue weighted by Crippen LogP contribution is -2.32. The first-order valence-electron chi connectivity index (χ1n) is 5.90. The number of rotatable bonds is 6. The Balaban J connectivity index is 2.58. The highest BCUT2D eigenvalue weighted by Gasteiger charge is 2.09. The van der Waals surface area contributed by atoms with Crippen molar-refractivity contribution in [2.45, 2.75) is 30.7 Å². The molecule has 0 aliphatic carbocycles. The molecule has 2 atom stereocenters. The molecule has 0 saturated heterocycles. The second-order valence-corrected chi connectivity index (χ2v) is 5.60. The Bertz CT molecular complexity index is 417. The molecule has 0 fully saturated rings. The summed E-state index contributed by atoms with van der Waals surface area (Å²) in [6.45, 7) is 2.04. The zero-order valence-electron chi connectivity index (χ0n) is 10.7. The van der Waals surface area contributed by atoms with Crippen LogP contribution in [0.5, 0.6) is 0 Å². The number of nitrogens with one attached hydrogen (secondary N) is 1. The largest absolute Gasteiger partial charge is 0.396 e. The number of aliphatic hydroxyl groups is 1. The topological polar surface area (TPSA) is 66.4 Å². The average molecular weight is 269 g/mol. The molecule has 1 aromatic carbocycles. The van der Waals surface area contributed by atoms with Gasteiger partial charge >= 0.3 is 0 Å². The summed E-state index contributed by atoms with van der Waals surface area (Å²) in [7, 11) is -1.02. The molecule has 0 heterocycles. The molecule has 5 heteroatoms. The van der Waals surface area contributed by atoms with Crippen LogP contribution in [0.1, 0.15) is 30.1 Å². The maximum absolute atomic E-state index is 11.8. The van der Waals surface area contributed by atoms with E-state index in [1.54, 1.807) is 30.5 Å². The van der Waals surface area contributed by atoms with Crippen molar-refractivity contribution < 1.29 is 14.1 Å². The lowest BCUT2D eigenvalue weighted by molar-refractivity contribution is 0.0936. The van der Waals surface area contributed by atoms with E-state index in [2.05, 4.69) is 5.32 Å². The lowest BCUT2D eigenvalue weighted by Gasteiger charge is -2.13. The van der Waals surface area contributed by atoms with Gasteiger partial charge in [0, 0.05) is 40.2 Å². The second kappa shape index (κ2) is 7.28. The van der Waals surface area contributed by atoms with Crippen LogP contribution in [0.25, 0.3) is 0 Å². The molecule has 2 N–H and O–H groups in total. The zero-order valence-corrected chi connectivity index (χ0v) is 11.5. The predicted molar refractivity (Wildman–Crippen MR) is 72.0 cm³/mol. The number of carbonyl (C=O) groups excluding carboxylic acids is 1. The fourth-order valence-electron chi connectivity index (χ4n) is 1.57. The molecule has 4 nitrogen and oxygen atoms in total. The summed E-state index contributed by atoms with van der Waals surface area (Å²) in [6.07, 6.45) is 3.03. The highest BCUT2D eigenvalue weighted by molar-refractivity contribution is 7.84. The van der Waals surface area contributed by atoms with Gasteiger partial charge in [-0.15, -0.1) is 0 Å². The first-order chi connectivity index (χ1) is 8.54. The number of carbonyl (C=O) groups is 1. The quantitative estimate of drug-likeness (QED) is 0.818. The fourth-order valence-corrected chi connectivity index (χ4v) is 2.09. The van der Waals surface area contributed by atoms with Crippen LogP contribution in [-0.2, 0) is 10.8 Å². The molecule has 18 heavy (non-hydrogen) atoms. The van der Waals surface area contributed by atoms with Crippen molar-refractivity contribution in [2.75, 3.05) is 12.9 Å². The summed E-state index contributed by atoms with van der Waals surface area (Å²) >= 11 is 0. The number of benzene rings is 1. The van der Waals surface area contributed by atoms with E-state index < -0.39 is 10.8 Å². The maximum Gasteiger partial charge on any atom is 0.251 e. The van der Waals surface area contributed by atoms with Crippen molar-refractivity contribution in [1.29, 1.82) is 0 Å². The molecule has 0 spiro atoms. The van der Waals surface area contributed by atoms with E-state index in [0.29, 0.717) is 16.9 Å². The molecule has 1 aromatic rings. The molecular formula is C13H19NO3S. The van der Waals surface area contributed by atoms with Crippen LogP contribution in [-0.4, -0.2) is 34.1 Å². The summed E-state index contributed by atoms with van der Waals surface area (Å²) in [6, 6.07) is 6.77. The standard InChI is InChI=1S/C13H19NO3S/c1-10(4-3-9-15)14-13(16)11-5-7-12(8-6-11)18(2)17/h5-8,10,15H,3-4,9H2,1-2H3,(H,14,16). The third-order valence-corrected chi connectivity index (χ3v) is 3.56. The Hall–Kier alpha value is -1.20. The third kappa shape index (κ3) is 4.58. The number of amides is 1. The zero-order chi connectivity index (χ0) is 13.5. The molecule has 0 radical (unpaired) electrons. The van der Waals surface area contributed by atoms with Gasteiger partial charge < -0.3 is 10.4 Å². The van der Waals surface area contributed by atoms with E-state index >= 15 is 0 Å². The highest BCUT2D eigenvalue weighted by Crippen LogP contribution is 2.08. The van der Waals surface area contributed by atoms with Gasteiger partial charge in [0.15, 0.2) is 0 Å². The van der Waals surface area contributed by atoms with Gasteiger partial charge in [-0.05, 0) is 44.0 Å². The minimum absolute atomic E-state index is 0.0321. The molecule has 0 aliphatic rings. The maximum atomic E-state index is 11.8. The van der Waals surface area contributed by atoms with E-state index in [4.69, 9.17) is 5.11 Å². The van der Waals surface area contributed by atoms with E-state index in [1.807, 2.05) is 6.92 Å². The summed E-state index contributed by atoms with van der Waals surface area (Å²) in [5.74, 6) is -0.145. The van der Waals surface area contributed by atoms with Crippen LogP contribution < -0.4 is 5.32 Å². The molecule has 2 unspecified atom stereocenters. The van der Waals surface area contributed by atoms with Crippen LogP contribution in [0.4, 0.5) is 0 Å². The molecule has 0 saturated carbocycles.